The van der Waals surface area contributed by atoms with Crippen LogP contribution in [0.15, 0.2) is 33.8 Å². The summed E-state index contributed by atoms with van der Waals surface area (Å²) in [6.45, 7) is 0.995. The van der Waals surface area contributed by atoms with Gasteiger partial charge in [0.2, 0.25) is 5.91 Å². The minimum absolute atomic E-state index is 0.0719. The van der Waals surface area contributed by atoms with Gasteiger partial charge in [-0.3, -0.25) is 10.1 Å². The largest absolute Gasteiger partial charge is 0.385 e. The number of urea groups is 1. The average molecular weight is 467 g/mol. The van der Waals surface area contributed by atoms with Crippen LogP contribution in [0.4, 0.5) is 4.79 Å². The predicted molar refractivity (Wildman–Crippen MR) is 119 cm³/mol. The van der Waals surface area contributed by atoms with E-state index in [1.54, 1.807) is 30.2 Å². The van der Waals surface area contributed by atoms with E-state index in [2.05, 4.69) is 31.9 Å². The summed E-state index contributed by atoms with van der Waals surface area (Å²) in [7, 11) is 3.45. The number of hydrogen-bond donors (Lipinski definition) is 2. The van der Waals surface area contributed by atoms with E-state index in [0.717, 1.165) is 20.4 Å². The number of carbonyl (C=O) groups excluding carboxylic acids is 2. The molecule has 1 aromatic carbocycles. The molecule has 0 aliphatic rings. The van der Waals surface area contributed by atoms with Crippen LogP contribution in [-0.2, 0) is 22.3 Å². The van der Waals surface area contributed by atoms with Gasteiger partial charge in [-0.05, 0) is 18.6 Å². The van der Waals surface area contributed by atoms with Gasteiger partial charge in [0.15, 0.2) is 9.50 Å². The molecule has 2 heterocycles. The molecule has 3 aromatic rings. The molecule has 3 amide bonds. The standard InChI is InChI=1S/C18H22N6O3S3/c1-24-14(10-29-18-20-12-6-3-4-7-13(12)30-18)22-23-17(24)28-11-15(25)21-16(26)19-8-5-9-27-2/h3-4,6-7H,5,8-11H2,1-2H3,(H2,19,21,25,26). The molecule has 3 rings (SSSR count). The molecule has 0 aliphatic heterocycles. The summed E-state index contributed by atoms with van der Waals surface area (Å²) >= 11 is 4.48. The van der Waals surface area contributed by atoms with Gasteiger partial charge in [-0.1, -0.05) is 35.7 Å². The molecule has 0 unspecified atom stereocenters. The Labute approximate surface area is 186 Å². The van der Waals surface area contributed by atoms with Gasteiger partial charge in [0, 0.05) is 27.3 Å². The van der Waals surface area contributed by atoms with Crippen molar-refractivity contribution in [3.8, 4) is 0 Å². The Bertz CT molecular complexity index is 973. The Kier molecular flexibility index (Phi) is 8.49. The van der Waals surface area contributed by atoms with E-state index in [9.17, 15) is 9.59 Å². The van der Waals surface area contributed by atoms with Gasteiger partial charge < -0.3 is 14.6 Å². The Balaban J connectivity index is 1.44. The molecule has 0 bridgehead atoms. The monoisotopic (exact) mass is 466 g/mol. The first kappa shape index (κ1) is 22.5. The highest BCUT2D eigenvalue weighted by Gasteiger charge is 2.14. The maximum absolute atomic E-state index is 11.9. The van der Waals surface area contributed by atoms with Crippen molar-refractivity contribution < 1.29 is 14.3 Å². The van der Waals surface area contributed by atoms with Crippen LogP contribution in [0.3, 0.4) is 0 Å². The summed E-state index contributed by atoms with van der Waals surface area (Å²) in [5.74, 6) is 1.10. The fraction of sp³-hybridized carbons (Fsp3) is 0.389. The van der Waals surface area contributed by atoms with E-state index in [1.165, 1.54) is 11.8 Å². The molecule has 9 nitrogen and oxygen atoms in total. The number of imide groups is 1. The molecule has 160 valence electrons. The van der Waals surface area contributed by atoms with Crippen molar-refractivity contribution in [3.63, 3.8) is 0 Å². The second kappa shape index (κ2) is 11.3. The van der Waals surface area contributed by atoms with E-state index in [1.807, 2.05) is 29.8 Å². The molecular formula is C18H22N6O3S3. The number of amides is 3. The molecular weight excluding hydrogens is 444 g/mol. The number of aromatic nitrogens is 4. The van der Waals surface area contributed by atoms with Crippen molar-refractivity contribution in [2.75, 3.05) is 26.0 Å². The van der Waals surface area contributed by atoms with Crippen molar-refractivity contribution in [3.05, 3.63) is 30.1 Å². The first-order valence-electron chi connectivity index (χ1n) is 9.13. The maximum Gasteiger partial charge on any atom is 0.321 e. The van der Waals surface area contributed by atoms with Gasteiger partial charge in [-0.15, -0.1) is 21.5 Å². The highest BCUT2D eigenvalue weighted by molar-refractivity contribution is 8.00. The van der Waals surface area contributed by atoms with E-state index < -0.39 is 11.9 Å². The summed E-state index contributed by atoms with van der Waals surface area (Å²) in [6, 6.07) is 7.52. The second-order valence-corrected chi connectivity index (χ2v) is 9.33. The molecule has 0 saturated carbocycles. The minimum Gasteiger partial charge on any atom is -0.385 e. The molecule has 2 aromatic heterocycles. The normalized spacial score (nSPS) is 11.0. The van der Waals surface area contributed by atoms with E-state index in [-0.39, 0.29) is 5.75 Å². The predicted octanol–water partition coefficient (Wildman–Crippen LogP) is 2.67. The number of para-hydroxylation sites is 1. The number of nitrogens with one attached hydrogen (secondary N) is 2. The summed E-state index contributed by atoms with van der Waals surface area (Å²) in [5.41, 5.74) is 0.993. The average Bonchev–Trinajstić information content (AvgIpc) is 3.31. The fourth-order valence-electron chi connectivity index (χ4n) is 2.39. The zero-order valence-corrected chi connectivity index (χ0v) is 19.0. The lowest BCUT2D eigenvalue weighted by Crippen LogP contribution is -2.40. The van der Waals surface area contributed by atoms with Crippen molar-refractivity contribution in [1.29, 1.82) is 0 Å². The molecule has 0 aliphatic carbocycles. The third-order valence-corrected chi connectivity index (χ3v) is 7.12. The second-order valence-electron chi connectivity index (χ2n) is 6.13. The van der Waals surface area contributed by atoms with Crippen molar-refractivity contribution in [2.24, 2.45) is 7.05 Å². The minimum atomic E-state index is -0.511. The third kappa shape index (κ3) is 6.42. The van der Waals surface area contributed by atoms with Crippen molar-refractivity contribution >= 4 is 57.0 Å². The van der Waals surface area contributed by atoms with Gasteiger partial charge in [0.05, 0.1) is 21.7 Å². The number of thiazole rings is 1. The molecule has 12 heteroatoms. The van der Waals surface area contributed by atoms with Gasteiger partial charge in [-0.25, -0.2) is 9.78 Å². The van der Waals surface area contributed by atoms with E-state index in [0.29, 0.717) is 30.5 Å². The van der Waals surface area contributed by atoms with Gasteiger partial charge in [0.1, 0.15) is 5.82 Å². The van der Waals surface area contributed by atoms with Crippen molar-refractivity contribution in [2.45, 2.75) is 21.7 Å². The zero-order chi connectivity index (χ0) is 21.3. The number of fused-ring (bicyclic) bond motifs is 1. The number of benzene rings is 1. The Morgan fingerprint density at radius 3 is 2.87 bits per heavy atom. The van der Waals surface area contributed by atoms with E-state index in [4.69, 9.17) is 4.74 Å². The lowest BCUT2D eigenvalue weighted by atomic mass is 10.3. The van der Waals surface area contributed by atoms with E-state index >= 15 is 0 Å². The van der Waals surface area contributed by atoms with Gasteiger partial charge >= 0.3 is 6.03 Å². The molecule has 0 saturated heterocycles. The number of hydrogen-bond acceptors (Lipinski definition) is 9. The number of rotatable bonds is 10. The highest BCUT2D eigenvalue weighted by Crippen LogP contribution is 2.31. The Morgan fingerprint density at radius 1 is 1.23 bits per heavy atom. The molecule has 0 spiro atoms. The molecule has 2 N–H and O–H groups in total. The molecule has 30 heavy (non-hydrogen) atoms. The fourth-order valence-corrected chi connectivity index (χ4v) is 5.17. The Morgan fingerprint density at radius 2 is 2.07 bits per heavy atom. The topological polar surface area (TPSA) is 111 Å². The lowest BCUT2D eigenvalue weighted by molar-refractivity contribution is -0.117. The summed E-state index contributed by atoms with van der Waals surface area (Å²) < 4.78 is 8.88. The van der Waals surface area contributed by atoms with Crippen LogP contribution in [0, 0.1) is 0 Å². The highest BCUT2D eigenvalue weighted by atomic mass is 32.2. The summed E-state index contributed by atoms with van der Waals surface area (Å²) in [6.07, 6.45) is 0.684. The SMILES string of the molecule is COCCCNC(=O)NC(=O)CSc1nnc(CSc2nc3ccccc3s2)n1C. The van der Waals surface area contributed by atoms with Crippen molar-refractivity contribution in [1.82, 2.24) is 30.4 Å². The quantitative estimate of drug-likeness (QED) is 0.347. The number of carbonyl (C=O) groups is 2. The van der Waals surface area contributed by atoms with Crippen LogP contribution in [0.5, 0.6) is 0 Å². The number of methoxy groups -OCH3 is 1. The summed E-state index contributed by atoms with van der Waals surface area (Å²) in [4.78, 5) is 28.2. The molecule has 0 atom stereocenters. The van der Waals surface area contributed by atoms with Crippen LogP contribution in [0.1, 0.15) is 12.2 Å². The first-order chi connectivity index (χ1) is 14.6. The first-order valence-corrected chi connectivity index (χ1v) is 11.9. The summed E-state index contributed by atoms with van der Waals surface area (Å²) in [5, 5.41) is 13.9. The van der Waals surface area contributed by atoms with Crippen LogP contribution in [-0.4, -0.2) is 57.7 Å². The third-order valence-electron chi connectivity index (χ3n) is 3.92. The molecule has 0 fully saturated rings. The van der Waals surface area contributed by atoms with Crippen LogP contribution < -0.4 is 10.6 Å². The number of ether oxygens (including phenoxy) is 1. The van der Waals surface area contributed by atoms with Gasteiger partial charge in [-0.2, -0.15) is 0 Å². The lowest BCUT2D eigenvalue weighted by Gasteiger charge is -2.06. The van der Waals surface area contributed by atoms with Crippen LogP contribution >= 0.6 is 34.9 Å². The zero-order valence-electron chi connectivity index (χ0n) is 16.6. The molecule has 0 radical (unpaired) electrons. The number of thioether (sulfide) groups is 2. The van der Waals surface area contributed by atoms with Gasteiger partial charge in [0.25, 0.3) is 0 Å². The van der Waals surface area contributed by atoms with Crippen LogP contribution in [0.25, 0.3) is 10.2 Å². The Hall–Kier alpha value is -2.15. The number of nitrogens with zero attached hydrogens (tertiary/aromatic N) is 4. The smallest absolute Gasteiger partial charge is 0.321 e. The maximum atomic E-state index is 11.9. The van der Waals surface area contributed by atoms with Crippen LogP contribution in [0.2, 0.25) is 0 Å².